The van der Waals surface area contributed by atoms with E-state index in [9.17, 15) is 4.79 Å². The van der Waals surface area contributed by atoms with Gasteiger partial charge in [-0.25, -0.2) is 9.78 Å². The standard InChI is InChI=1S/C15H23NO2/c1-4-7-9-13-12(8-5-2)10-11-14(16-13)15(17)18-6-3/h10-11H,4-9H2,1-3H3. The summed E-state index contributed by atoms with van der Waals surface area (Å²) < 4.78 is 4.99. The quantitative estimate of drug-likeness (QED) is 0.694. The van der Waals surface area contributed by atoms with Gasteiger partial charge in [0.05, 0.1) is 6.61 Å². The highest BCUT2D eigenvalue weighted by atomic mass is 16.5. The van der Waals surface area contributed by atoms with E-state index in [0.717, 1.165) is 37.8 Å². The Labute approximate surface area is 110 Å². The fraction of sp³-hybridized carbons (Fsp3) is 0.600. The van der Waals surface area contributed by atoms with Gasteiger partial charge in [0.15, 0.2) is 0 Å². The smallest absolute Gasteiger partial charge is 0.356 e. The second-order valence-corrected chi connectivity index (χ2v) is 4.38. The highest BCUT2D eigenvalue weighted by Crippen LogP contribution is 2.14. The molecule has 0 aliphatic rings. The molecule has 3 nitrogen and oxygen atoms in total. The highest BCUT2D eigenvalue weighted by Gasteiger charge is 2.11. The first-order valence-corrected chi connectivity index (χ1v) is 6.88. The van der Waals surface area contributed by atoms with E-state index in [1.807, 2.05) is 6.07 Å². The maximum Gasteiger partial charge on any atom is 0.356 e. The van der Waals surface area contributed by atoms with Gasteiger partial charge in [-0.1, -0.05) is 32.8 Å². The minimum atomic E-state index is -0.321. The molecule has 0 saturated carbocycles. The van der Waals surface area contributed by atoms with Crippen LogP contribution >= 0.6 is 0 Å². The zero-order chi connectivity index (χ0) is 13.4. The molecule has 1 aromatic heterocycles. The van der Waals surface area contributed by atoms with Gasteiger partial charge in [-0.05, 0) is 37.8 Å². The molecule has 0 aromatic carbocycles. The minimum absolute atomic E-state index is 0.321. The lowest BCUT2D eigenvalue weighted by molar-refractivity contribution is 0.0519. The van der Waals surface area contributed by atoms with Crippen molar-refractivity contribution in [3.63, 3.8) is 0 Å². The molecule has 0 fully saturated rings. The molecule has 100 valence electrons. The van der Waals surface area contributed by atoms with Gasteiger partial charge in [-0.2, -0.15) is 0 Å². The summed E-state index contributed by atoms with van der Waals surface area (Å²) in [6.07, 6.45) is 5.31. The van der Waals surface area contributed by atoms with Crippen LogP contribution in [0.4, 0.5) is 0 Å². The number of unbranched alkanes of at least 4 members (excludes halogenated alkanes) is 1. The topological polar surface area (TPSA) is 39.2 Å². The lowest BCUT2D eigenvalue weighted by atomic mass is 10.0. The van der Waals surface area contributed by atoms with Crippen LogP contribution < -0.4 is 0 Å². The zero-order valence-corrected chi connectivity index (χ0v) is 11.7. The van der Waals surface area contributed by atoms with Gasteiger partial charge in [0, 0.05) is 5.69 Å². The maximum absolute atomic E-state index is 11.7. The van der Waals surface area contributed by atoms with Crippen LogP contribution in [0.2, 0.25) is 0 Å². The number of rotatable bonds is 7. The molecule has 0 aliphatic carbocycles. The van der Waals surface area contributed by atoms with Gasteiger partial charge in [0.1, 0.15) is 5.69 Å². The van der Waals surface area contributed by atoms with Crippen LogP contribution in [0, 0.1) is 0 Å². The molecule has 0 saturated heterocycles. The van der Waals surface area contributed by atoms with Crippen LogP contribution in [0.5, 0.6) is 0 Å². The first-order valence-electron chi connectivity index (χ1n) is 6.88. The van der Waals surface area contributed by atoms with Crippen LogP contribution in [0.3, 0.4) is 0 Å². The van der Waals surface area contributed by atoms with E-state index in [4.69, 9.17) is 4.74 Å². The Morgan fingerprint density at radius 2 is 1.94 bits per heavy atom. The van der Waals surface area contributed by atoms with Crippen molar-refractivity contribution in [3.05, 3.63) is 29.1 Å². The molecular formula is C15H23NO2. The molecular weight excluding hydrogens is 226 g/mol. The Kier molecular flexibility index (Phi) is 6.40. The number of aromatic nitrogens is 1. The molecule has 1 aromatic rings. The summed E-state index contributed by atoms with van der Waals surface area (Å²) in [7, 11) is 0. The number of nitrogens with zero attached hydrogens (tertiary/aromatic N) is 1. The van der Waals surface area contributed by atoms with Crippen molar-refractivity contribution >= 4 is 5.97 Å². The van der Waals surface area contributed by atoms with Crippen LogP contribution in [0.1, 0.15) is 61.8 Å². The highest BCUT2D eigenvalue weighted by molar-refractivity contribution is 5.87. The number of hydrogen-bond donors (Lipinski definition) is 0. The summed E-state index contributed by atoms with van der Waals surface area (Å²) in [5.74, 6) is -0.321. The first-order chi connectivity index (χ1) is 8.72. The summed E-state index contributed by atoms with van der Waals surface area (Å²) in [5.41, 5.74) is 2.76. The van der Waals surface area contributed by atoms with Crippen LogP contribution in [-0.2, 0) is 17.6 Å². The van der Waals surface area contributed by atoms with Crippen molar-refractivity contribution < 1.29 is 9.53 Å². The van der Waals surface area contributed by atoms with E-state index in [-0.39, 0.29) is 5.97 Å². The molecule has 0 radical (unpaired) electrons. The van der Waals surface area contributed by atoms with E-state index in [1.165, 1.54) is 5.56 Å². The first kappa shape index (κ1) is 14.7. The third-order valence-electron chi connectivity index (χ3n) is 2.84. The van der Waals surface area contributed by atoms with Crippen molar-refractivity contribution in [2.24, 2.45) is 0 Å². The predicted octanol–water partition coefficient (Wildman–Crippen LogP) is 3.55. The van der Waals surface area contributed by atoms with Crippen LogP contribution in [-0.4, -0.2) is 17.6 Å². The van der Waals surface area contributed by atoms with E-state index in [2.05, 4.69) is 18.8 Å². The largest absolute Gasteiger partial charge is 0.461 e. The van der Waals surface area contributed by atoms with Crippen molar-refractivity contribution in [2.75, 3.05) is 6.61 Å². The predicted molar refractivity (Wildman–Crippen MR) is 72.8 cm³/mol. The number of esters is 1. The van der Waals surface area contributed by atoms with E-state index in [1.54, 1.807) is 13.0 Å². The Hall–Kier alpha value is -1.38. The molecule has 0 atom stereocenters. The molecule has 0 aliphatic heterocycles. The molecule has 0 unspecified atom stereocenters. The zero-order valence-electron chi connectivity index (χ0n) is 11.7. The summed E-state index contributed by atoms with van der Waals surface area (Å²) >= 11 is 0. The van der Waals surface area contributed by atoms with Crippen LogP contribution in [0.15, 0.2) is 12.1 Å². The average Bonchev–Trinajstić information content (AvgIpc) is 2.38. The number of pyridine rings is 1. The molecule has 1 rings (SSSR count). The van der Waals surface area contributed by atoms with E-state index < -0.39 is 0 Å². The van der Waals surface area contributed by atoms with Crippen LogP contribution in [0.25, 0.3) is 0 Å². The Morgan fingerprint density at radius 1 is 1.17 bits per heavy atom. The number of aryl methyl sites for hydroxylation is 2. The lowest BCUT2D eigenvalue weighted by Crippen LogP contribution is -2.10. The Balaban J connectivity index is 2.92. The Bertz CT molecular complexity index is 388. The summed E-state index contributed by atoms with van der Waals surface area (Å²) in [5, 5.41) is 0. The maximum atomic E-state index is 11.7. The summed E-state index contributed by atoms with van der Waals surface area (Å²) in [4.78, 5) is 16.1. The fourth-order valence-corrected chi connectivity index (χ4v) is 1.91. The van der Waals surface area contributed by atoms with Crippen molar-refractivity contribution in [2.45, 2.75) is 52.9 Å². The molecule has 0 spiro atoms. The monoisotopic (exact) mass is 249 g/mol. The van der Waals surface area contributed by atoms with Gasteiger partial charge in [0.2, 0.25) is 0 Å². The van der Waals surface area contributed by atoms with E-state index >= 15 is 0 Å². The third kappa shape index (κ3) is 4.13. The normalized spacial score (nSPS) is 10.4. The number of carbonyl (C=O) groups is 1. The lowest BCUT2D eigenvalue weighted by Gasteiger charge is -2.09. The number of carbonyl (C=O) groups excluding carboxylic acids is 1. The number of hydrogen-bond acceptors (Lipinski definition) is 3. The average molecular weight is 249 g/mol. The van der Waals surface area contributed by atoms with Gasteiger partial charge < -0.3 is 4.74 Å². The molecule has 18 heavy (non-hydrogen) atoms. The van der Waals surface area contributed by atoms with Crippen molar-refractivity contribution in [1.82, 2.24) is 4.98 Å². The Morgan fingerprint density at radius 3 is 2.56 bits per heavy atom. The molecule has 3 heteroatoms. The molecule has 0 amide bonds. The second-order valence-electron chi connectivity index (χ2n) is 4.38. The van der Waals surface area contributed by atoms with Gasteiger partial charge in [0.25, 0.3) is 0 Å². The summed E-state index contributed by atoms with van der Waals surface area (Å²) in [6.45, 7) is 6.51. The SMILES string of the molecule is CCCCc1nc(C(=O)OCC)ccc1CCC. The molecule has 1 heterocycles. The van der Waals surface area contributed by atoms with Crippen molar-refractivity contribution in [3.8, 4) is 0 Å². The number of ether oxygens (including phenoxy) is 1. The second kappa shape index (κ2) is 7.85. The van der Waals surface area contributed by atoms with Crippen molar-refractivity contribution in [1.29, 1.82) is 0 Å². The third-order valence-corrected chi connectivity index (χ3v) is 2.84. The van der Waals surface area contributed by atoms with E-state index in [0.29, 0.717) is 12.3 Å². The minimum Gasteiger partial charge on any atom is -0.461 e. The van der Waals surface area contributed by atoms with Gasteiger partial charge >= 0.3 is 5.97 Å². The van der Waals surface area contributed by atoms with Gasteiger partial charge in [-0.15, -0.1) is 0 Å². The van der Waals surface area contributed by atoms with Gasteiger partial charge in [-0.3, -0.25) is 0 Å². The molecule has 0 bridgehead atoms. The summed E-state index contributed by atoms with van der Waals surface area (Å²) in [6, 6.07) is 3.80. The fourth-order valence-electron chi connectivity index (χ4n) is 1.91. The molecule has 0 N–H and O–H groups in total.